The van der Waals surface area contributed by atoms with Crippen LogP contribution >= 0.6 is 0 Å². The highest BCUT2D eigenvalue weighted by Crippen LogP contribution is 2.70. The molecule has 2 bridgehead atoms. The van der Waals surface area contributed by atoms with Crippen LogP contribution in [0.25, 0.3) is 0 Å². The van der Waals surface area contributed by atoms with Gasteiger partial charge >= 0.3 is 5.97 Å². The van der Waals surface area contributed by atoms with E-state index >= 15 is 0 Å². The van der Waals surface area contributed by atoms with Gasteiger partial charge in [-0.3, -0.25) is 4.79 Å². The van der Waals surface area contributed by atoms with E-state index < -0.39 is 6.10 Å². The Kier molecular flexibility index (Phi) is 6.42. The highest BCUT2D eigenvalue weighted by molar-refractivity contribution is 5.93. The van der Waals surface area contributed by atoms with Crippen molar-refractivity contribution >= 4 is 11.8 Å². The molecule has 11 atom stereocenters. The summed E-state index contributed by atoms with van der Waals surface area (Å²) in [4.78, 5) is 26.1. The van der Waals surface area contributed by atoms with E-state index in [1.54, 1.807) is 13.2 Å². The van der Waals surface area contributed by atoms with Crippen LogP contribution in [0, 0.1) is 34.0 Å². The highest BCUT2D eigenvalue weighted by atomic mass is 16.7. The van der Waals surface area contributed by atoms with Crippen molar-refractivity contribution in [3.05, 3.63) is 11.6 Å². The lowest BCUT2D eigenvalue weighted by atomic mass is 9.37. The Morgan fingerprint density at radius 3 is 2.54 bits per heavy atom. The molecular formula is C30H44O7. The van der Waals surface area contributed by atoms with Gasteiger partial charge in [-0.25, -0.2) is 4.79 Å². The van der Waals surface area contributed by atoms with Gasteiger partial charge in [0.1, 0.15) is 18.5 Å². The number of cyclic esters (lactones) is 1. The minimum atomic E-state index is -0.628. The minimum absolute atomic E-state index is 0.139. The highest BCUT2D eigenvalue weighted by Gasteiger charge is 2.67. The second-order valence-corrected chi connectivity index (χ2v) is 13.5. The number of fused-ring (bicyclic) bond motifs is 3. The third-order valence-corrected chi connectivity index (χ3v) is 11.9. The molecule has 6 rings (SSSR count). The third kappa shape index (κ3) is 3.89. The number of Topliss-reactive ketones (excluding diaryl/α,β-unsaturated/α-hetero) is 1. The number of ketones is 1. The summed E-state index contributed by atoms with van der Waals surface area (Å²) in [6, 6.07) is 0. The first kappa shape index (κ1) is 26.0. The second kappa shape index (κ2) is 9.14. The zero-order valence-corrected chi connectivity index (χ0v) is 22.9. The molecule has 0 radical (unpaired) electrons. The Morgan fingerprint density at radius 1 is 1.03 bits per heavy atom. The molecule has 2 aliphatic heterocycles. The van der Waals surface area contributed by atoms with Crippen LogP contribution in [0.2, 0.25) is 0 Å². The SMILES string of the molecule is CO[C@@H]1C[C@H](O[C@H]2CC[C@@]3(C)[C@H](CC[C@]45CC[C@H](C6=CC(=O)OC6)[C@@](C)(CC[C@@H]43)C5=O)C2)O[C@H](C)[C@@H]1O. The molecular weight excluding hydrogens is 472 g/mol. The predicted molar refractivity (Wildman–Crippen MR) is 135 cm³/mol. The number of carbonyl (C=O) groups is 2. The summed E-state index contributed by atoms with van der Waals surface area (Å²) in [5.41, 5.74) is 0.597. The maximum Gasteiger partial charge on any atom is 0.331 e. The van der Waals surface area contributed by atoms with E-state index in [1.165, 1.54) is 0 Å². The molecule has 4 saturated carbocycles. The van der Waals surface area contributed by atoms with Crippen molar-refractivity contribution in [2.45, 2.75) is 116 Å². The predicted octanol–water partition coefficient (Wildman–Crippen LogP) is 4.35. The van der Waals surface area contributed by atoms with Crippen LogP contribution in [0.4, 0.5) is 0 Å². The number of hydrogen-bond acceptors (Lipinski definition) is 7. The molecule has 0 aromatic rings. The van der Waals surface area contributed by atoms with Gasteiger partial charge in [0.15, 0.2) is 6.29 Å². The summed E-state index contributed by atoms with van der Waals surface area (Å²) >= 11 is 0. The molecule has 7 heteroatoms. The van der Waals surface area contributed by atoms with Crippen molar-refractivity contribution < 1.29 is 33.6 Å². The van der Waals surface area contributed by atoms with Gasteiger partial charge in [-0.2, -0.15) is 0 Å². The Morgan fingerprint density at radius 2 is 1.81 bits per heavy atom. The number of aliphatic hydroxyl groups excluding tert-OH is 1. The Labute approximate surface area is 220 Å². The van der Waals surface area contributed by atoms with Gasteiger partial charge in [0.25, 0.3) is 0 Å². The lowest BCUT2D eigenvalue weighted by Gasteiger charge is -2.66. The van der Waals surface area contributed by atoms with Gasteiger partial charge in [-0.1, -0.05) is 13.8 Å². The van der Waals surface area contributed by atoms with E-state index in [0.717, 1.165) is 63.4 Å². The number of rotatable bonds is 4. The first-order chi connectivity index (χ1) is 17.6. The normalized spacial score (nSPS) is 51.6. The average molecular weight is 517 g/mol. The molecule has 0 aromatic carbocycles. The van der Waals surface area contributed by atoms with Crippen LogP contribution in [0.15, 0.2) is 11.6 Å². The third-order valence-electron chi connectivity index (χ3n) is 11.9. The van der Waals surface area contributed by atoms with Crippen LogP contribution < -0.4 is 0 Å². The maximum atomic E-state index is 14.4. The molecule has 1 spiro atoms. The molecule has 37 heavy (non-hydrogen) atoms. The van der Waals surface area contributed by atoms with Gasteiger partial charge in [-0.05, 0) is 93.5 Å². The summed E-state index contributed by atoms with van der Waals surface area (Å²) < 4.78 is 23.2. The molecule has 2 heterocycles. The average Bonchev–Trinajstić information content (AvgIpc) is 3.29. The summed E-state index contributed by atoms with van der Waals surface area (Å²) in [5, 5.41) is 10.3. The van der Waals surface area contributed by atoms with Gasteiger partial charge < -0.3 is 24.1 Å². The fourth-order valence-corrected chi connectivity index (χ4v) is 9.85. The monoisotopic (exact) mass is 516 g/mol. The fraction of sp³-hybridized carbons (Fsp3) is 0.867. The lowest BCUT2D eigenvalue weighted by Crippen LogP contribution is -2.64. The van der Waals surface area contributed by atoms with Gasteiger partial charge in [-0.15, -0.1) is 0 Å². The number of ether oxygens (including phenoxy) is 4. The Balaban J connectivity index is 1.16. The molecule has 0 amide bonds. The minimum Gasteiger partial charge on any atom is -0.458 e. The van der Waals surface area contributed by atoms with E-state index in [2.05, 4.69) is 13.8 Å². The van der Waals surface area contributed by atoms with Crippen molar-refractivity contribution in [1.82, 2.24) is 0 Å². The van der Waals surface area contributed by atoms with Gasteiger partial charge in [0.2, 0.25) is 0 Å². The summed E-state index contributed by atoms with van der Waals surface area (Å²) in [5.74, 6) is 1.33. The fourth-order valence-electron chi connectivity index (χ4n) is 9.85. The van der Waals surface area contributed by atoms with Crippen molar-refractivity contribution in [3.63, 3.8) is 0 Å². The number of carbonyl (C=O) groups excluding carboxylic acids is 2. The van der Waals surface area contributed by atoms with Crippen molar-refractivity contribution in [3.8, 4) is 0 Å². The maximum absolute atomic E-state index is 14.4. The van der Waals surface area contributed by atoms with Crippen molar-refractivity contribution in [2.75, 3.05) is 13.7 Å². The molecule has 0 unspecified atom stereocenters. The van der Waals surface area contributed by atoms with Crippen molar-refractivity contribution in [1.29, 1.82) is 0 Å². The lowest BCUT2D eigenvalue weighted by molar-refractivity contribution is -0.272. The summed E-state index contributed by atoms with van der Waals surface area (Å²) in [7, 11) is 1.63. The summed E-state index contributed by atoms with van der Waals surface area (Å²) in [6.45, 7) is 6.87. The molecule has 1 saturated heterocycles. The Hall–Kier alpha value is -1.28. The first-order valence-corrected chi connectivity index (χ1v) is 14.5. The van der Waals surface area contributed by atoms with Crippen LogP contribution in [0.3, 0.4) is 0 Å². The molecule has 4 aliphatic carbocycles. The number of aliphatic hydroxyl groups is 1. The van der Waals surface area contributed by atoms with E-state index in [4.69, 9.17) is 18.9 Å². The van der Waals surface area contributed by atoms with Crippen LogP contribution in [0.5, 0.6) is 0 Å². The molecule has 1 N–H and O–H groups in total. The smallest absolute Gasteiger partial charge is 0.331 e. The first-order valence-electron chi connectivity index (χ1n) is 14.5. The van der Waals surface area contributed by atoms with Crippen LogP contribution in [0.1, 0.15) is 85.0 Å². The Bertz CT molecular complexity index is 977. The number of methoxy groups -OCH3 is 1. The quantitative estimate of drug-likeness (QED) is 0.439. The van der Waals surface area contributed by atoms with Crippen LogP contribution in [-0.2, 0) is 28.5 Å². The van der Waals surface area contributed by atoms with Gasteiger partial charge in [0.05, 0.1) is 18.3 Å². The molecule has 5 fully saturated rings. The second-order valence-electron chi connectivity index (χ2n) is 13.5. The van der Waals surface area contributed by atoms with E-state index in [9.17, 15) is 14.7 Å². The number of esters is 1. The van der Waals surface area contributed by atoms with Gasteiger partial charge in [0, 0.05) is 30.4 Å². The number of hydrogen-bond donors (Lipinski definition) is 1. The summed E-state index contributed by atoms with van der Waals surface area (Å²) in [6.07, 6.45) is 9.85. The molecule has 7 nitrogen and oxygen atoms in total. The molecule has 6 aliphatic rings. The molecule has 206 valence electrons. The topological polar surface area (TPSA) is 91.3 Å². The van der Waals surface area contributed by atoms with Crippen LogP contribution in [-0.4, -0.2) is 61.3 Å². The standard InChI is InChI=1S/C30H44O7/c1-17-26(32)22(34-4)15-25(36-17)37-20-6-9-28(2)19(14-20)5-11-30-12-7-21(18-13-24(31)35-16-18)29(3,27(30)33)10-8-23(28)30/h13,17,19-23,25-26,32H,5-12,14-16H2,1-4H3/t17-,19-,20+,21-,22-,23-,25+,26+,28+,29-,30+/m1/s1. The zero-order valence-electron chi connectivity index (χ0n) is 22.9. The largest absolute Gasteiger partial charge is 0.458 e. The zero-order chi connectivity index (χ0) is 26.2. The van der Waals surface area contributed by atoms with E-state index in [1.807, 2.05) is 6.92 Å². The van der Waals surface area contributed by atoms with E-state index in [-0.39, 0.29) is 52.7 Å². The molecule has 0 aromatic heterocycles. The van der Waals surface area contributed by atoms with E-state index in [0.29, 0.717) is 30.6 Å². The van der Waals surface area contributed by atoms with Crippen molar-refractivity contribution in [2.24, 2.45) is 34.0 Å².